The Morgan fingerprint density at radius 2 is 1.95 bits per heavy atom. The fraction of sp³-hybridized carbons (Fsp3) is 0.167. The van der Waals surface area contributed by atoms with Crippen LogP contribution in [-0.4, -0.2) is 17.1 Å². The maximum Gasteiger partial charge on any atom is 0.223 e. The third-order valence-electron chi connectivity index (χ3n) is 2.47. The second-order valence-electron chi connectivity index (χ2n) is 3.86. The first-order valence-electron chi connectivity index (χ1n) is 5.68. The molecule has 0 saturated heterocycles. The van der Waals surface area contributed by atoms with Gasteiger partial charge in [-0.05, 0) is 6.07 Å². The van der Waals surface area contributed by atoms with Crippen LogP contribution in [0.4, 0.5) is 23.3 Å². The van der Waals surface area contributed by atoms with E-state index in [0.29, 0.717) is 18.2 Å². The lowest BCUT2D eigenvalue weighted by atomic mass is 10.2. The first-order valence-corrected chi connectivity index (χ1v) is 5.68. The maximum absolute atomic E-state index is 5.60. The number of hydrogen-bond acceptors (Lipinski definition) is 7. The van der Waals surface area contributed by atoms with Crippen molar-refractivity contribution in [2.45, 2.75) is 6.61 Å². The van der Waals surface area contributed by atoms with Gasteiger partial charge in [0.1, 0.15) is 11.6 Å². The van der Waals surface area contributed by atoms with Crippen LogP contribution in [0.2, 0.25) is 0 Å². The monoisotopic (exact) mass is 260 g/mol. The molecular formula is C12H16N6O. The van der Waals surface area contributed by atoms with Crippen LogP contribution < -0.4 is 22.3 Å². The van der Waals surface area contributed by atoms with E-state index >= 15 is 0 Å². The Hall–Kier alpha value is -2.38. The molecule has 7 heteroatoms. The Bertz CT molecular complexity index is 560. The molecule has 0 radical (unpaired) electrons. The summed E-state index contributed by atoms with van der Waals surface area (Å²) in [5.41, 5.74) is 9.95. The number of para-hydroxylation sites is 1. The molecule has 0 aliphatic heterocycles. The number of anilines is 4. The van der Waals surface area contributed by atoms with Crippen molar-refractivity contribution in [3.05, 3.63) is 35.9 Å². The van der Waals surface area contributed by atoms with Gasteiger partial charge in [0, 0.05) is 24.4 Å². The molecule has 1 aromatic heterocycles. The van der Waals surface area contributed by atoms with E-state index in [1.807, 2.05) is 24.3 Å². The minimum absolute atomic E-state index is 0.141. The quantitative estimate of drug-likeness (QED) is 0.472. The molecule has 0 saturated carbocycles. The Balaban J connectivity index is 2.28. The zero-order valence-corrected chi connectivity index (χ0v) is 10.6. The van der Waals surface area contributed by atoms with Crippen molar-refractivity contribution in [3.63, 3.8) is 0 Å². The third-order valence-corrected chi connectivity index (χ3v) is 2.47. The summed E-state index contributed by atoms with van der Waals surface area (Å²) in [5.74, 6) is 6.46. The molecular weight excluding hydrogens is 244 g/mol. The Morgan fingerprint density at radius 1 is 1.21 bits per heavy atom. The van der Waals surface area contributed by atoms with Crippen LogP contribution in [0, 0.1) is 0 Å². The summed E-state index contributed by atoms with van der Waals surface area (Å²) in [6.07, 6.45) is 0. The van der Waals surface area contributed by atoms with Crippen LogP contribution in [0.15, 0.2) is 30.3 Å². The molecule has 6 N–H and O–H groups in total. The van der Waals surface area contributed by atoms with Gasteiger partial charge < -0.3 is 21.2 Å². The third kappa shape index (κ3) is 3.30. The average molecular weight is 260 g/mol. The van der Waals surface area contributed by atoms with Gasteiger partial charge in [-0.2, -0.15) is 9.97 Å². The minimum Gasteiger partial charge on any atom is -0.380 e. The summed E-state index contributed by atoms with van der Waals surface area (Å²) in [7, 11) is 1.65. The second kappa shape index (κ2) is 5.98. The number of benzene rings is 1. The van der Waals surface area contributed by atoms with Gasteiger partial charge in [0.2, 0.25) is 5.95 Å². The number of methoxy groups -OCH3 is 1. The first-order chi connectivity index (χ1) is 9.22. The normalized spacial score (nSPS) is 10.2. The molecule has 0 spiro atoms. The number of nitrogens with two attached hydrogens (primary N) is 2. The van der Waals surface area contributed by atoms with Gasteiger partial charge in [0.15, 0.2) is 0 Å². The van der Waals surface area contributed by atoms with Gasteiger partial charge in [-0.25, -0.2) is 5.84 Å². The summed E-state index contributed by atoms with van der Waals surface area (Å²) in [6.45, 7) is 0.506. The predicted octanol–water partition coefficient (Wildman–Crippen LogP) is 1.23. The molecule has 0 amide bonds. The van der Waals surface area contributed by atoms with E-state index in [2.05, 4.69) is 20.7 Å². The van der Waals surface area contributed by atoms with Gasteiger partial charge in [-0.1, -0.05) is 18.2 Å². The number of nitrogens with one attached hydrogen (secondary N) is 2. The molecule has 0 aliphatic rings. The van der Waals surface area contributed by atoms with Crippen molar-refractivity contribution in [1.29, 1.82) is 0 Å². The van der Waals surface area contributed by atoms with Gasteiger partial charge in [-0.15, -0.1) is 0 Å². The van der Waals surface area contributed by atoms with Crippen molar-refractivity contribution in [2.24, 2.45) is 5.84 Å². The molecule has 1 aromatic carbocycles. The molecule has 2 aromatic rings. The van der Waals surface area contributed by atoms with Crippen LogP contribution in [0.3, 0.4) is 0 Å². The number of hydrogen-bond donors (Lipinski definition) is 4. The maximum atomic E-state index is 5.60. The SMILES string of the molecule is COCc1ccccc1Nc1cc(NN)nc(N)n1. The Labute approximate surface area is 111 Å². The molecule has 0 fully saturated rings. The van der Waals surface area contributed by atoms with Gasteiger partial charge >= 0.3 is 0 Å². The van der Waals surface area contributed by atoms with Gasteiger partial charge in [-0.3, -0.25) is 0 Å². The van der Waals surface area contributed by atoms with E-state index in [-0.39, 0.29) is 5.95 Å². The van der Waals surface area contributed by atoms with Crippen molar-refractivity contribution in [3.8, 4) is 0 Å². The van der Waals surface area contributed by atoms with E-state index in [9.17, 15) is 0 Å². The fourth-order valence-corrected chi connectivity index (χ4v) is 1.67. The van der Waals surface area contributed by atoms with E-state index in [1.165, 1.54) is 0 Å². The second-order valence-corrected chi connectivity index (χ2v) is 3.86. The summed E-state index contributed by atoms with van der Waals surface area (Å²) in [5, 5.41) is 3.17. The smallest absolute Gasteiger partial charge is 0.223 e. The van der Waals surface area contributed by atoms with Crippen molar-refractivity contribution < 1.29 is 4.74 Å². The lowest BCUT2D eigenvalue weighted by molar-refractivity contribution is 0.185. The molecule has 0 atom stereocenters. The molecule has 19 heavy (non-hydrogen) atoms. The minimum atomic E-state index is 0.141. The number of rotatable bonds is 5. The Morgan fingerprint density at radius 3 is 2.68 bits per heavy atom. The van der Waals surface area contributed by atoms with Crippen molar-refractivity contribution in [2.75, 3.05) is 23.6 Å². The van der Waals surface area contributed by atoms with Crippen LogP contribution in [-0.2, 0) is 11.3 Å². The highest BCUT2D eigenvalue weighted by molar-refractivity contribution is 5.63. The first kappa shape index (κ1) is 13.1. The fourth-order valence-electron chi connectivity index (χ4n) is 1.67. The zero-order valence-electron chi connectivity index (χ0n) is 10.6. The highest BCUT2D eigenvalue weighted by Crippen LogP contribution is 2.21. The van der Waals surface area contributed by atoms with Crippen molar-refractivity contribution >= 4 is 23.3 Å². The number of ether oxygens (including phenoxy) is 1. The number of nitrogens with zero attached hydrogens (tertiary/aromatic N) is 2. The number of aromatic nitrogens is 2. The van der Waals surface area contributed by atoms with Crippen LogP contribution in [0.5, 0.6) is 0 Å². The molecule has 1 heterocycles. The topological polar surface area (TPSA) is 111 Å². The van der Waals surface area contributed by atoms with E-state index in [4.69, 9.17) is 16.3 Å². The lowest BCUT2D eigenvalue weighted by Gasteiger charge is -2.11. The average Bonchev–Trinajstić information content (AvgIpc) is 2.40. The molecule has 100 valence electrons. The Kier molecular flexibility index (Phi) is 4.11. The zero-order chi connectivity index (χ0) is 13.7. The van der Waals surface area contributed by atoms with Crippen LogP contribution in [0.25, 0.3) is 0 Å². The molecule has 2 rings (SSSR count). The molecule has 0 unspecified atom stereocenters. The molecule has 0 bridgehead atoms. The molecule has 0 aliphatic carbocycles. The van der Waals surface area contributed by atoms with Crippen LogP contribution in [0.1, 0.15) is 5.56 Å². The standard InChI is InChI=1S/C12H16N6O/c1-19-7-8-4-2-3-5-9(8)15-10-6-11(18-14)17-12(13)16-10/h2-6H,7,14H2,1H3,(H4,13,15,16,17,18). The largest absolute Gasteiger partial charge is 0.380 e. The highest BCUT2D eigenvalue weighted by atomic mass is 16.5. The summed E-state index contributed by atoms with van der Waals surface area (Å²) in [4.78, 5) is 8.02. The summed E-state index contributed by atoms with van der Waals surface area (Å²) >= 11 is 0. The van der Waals surface area contributed by atoms with E-state index in [1.54, 1.807) is 13.2 Å². The highest BCUT2D eigenvalue weighted by Gasteiger charge is 2.05. The molecule has 7 nitrogen and oxygen atoms in total. The van der Waals surface area contributed by atoms with Crippen LogP contribution >= 0.6 is 0 Å². The summed E-state index contributed by atoms with van der Waals surface area (Å²) < 4.78 is 5.15. The van der Waals surface area contributed by atoms with E-state index < -0.39 is 0 Å². The van der Waals surface area contributed by atoms with Crippen molar-refractivity contribution in [1.82, 2.24) is 9.97 Å². The van der Waals surface area contributed by atoms with E-state index in [0.717, 1.165) is 11.3 Å². The summed E-state index contributed by atoms with van der Waals surface area (Å²) in [6, 6.07) is 9.44. The lowest BCUT2D eigenvalue weighted by Crippen LogP contribution is -2.11. The predicted molar refractivity (Wildman–Crippen MR) is 74.7 cm³/mol. The van der Waals surface area contributed by atoms with Gasteiger partial charge in [0.25, 0.3) is 0 Å². The number of nitrogen functional groups attached to an aromatic ring is 2. The number of hydrazine groups is 1. The van der Waals surface area contributed by atoms with Gasteiger partial charge in [0.05, 0.1) is 6.61 Å².